The molecule has 2 aromatic rings. The number of aromatic amines is 1. The highest BCUT2D eigenvalue weighted by Gasteiger charge is 2.05. The Balaban J connectivity index is 2.46. The van der Waals surface area contributed by atoms with Crippen LogP contribution in [-0.4, -0.2) is 4.98 Å². The summed E-state index contributed by atoms with van der Waals surface area (Å²) in [6, 6.07) is 5.94. The fourth-order valence-electron chi connectivity index (χ4n) is 1.35. The van der Waals surface area contributed by atoms with Crippen molar-refractivity contribution in [2.45, 2.75) is 13.3 Å². The lowest BCUT2D eigenvalue weighted by Crippen LogP contribution is -1.80. The molecule has 0 spiro atoms. The Hall–Kier alpha value is -1.44. The zero-order valence-corrected chi connectivity index (χ0v) is 7.00. The average Bonchev–Trinajstić information content (AvgIpc) is 2.74. The molecule has 0 atom stereocenters. The van der Waals surface area contributed by atoms with E-state index in [-0.39, 0.29) is 0 Å². The number of nitrogens with one attached hydrogen (secondary N) is 1. The Morgan fingerprint density at radius 1 is 1.42 bits per heavy atom. The summed E-state index contributed by atoms with van der Waals surface area (Å²) in [6.07, 6.45) is 4.66. The van der Waals surface area contributed by atoms with E-state index in [2.05, 4.69) is 18.0 Å². The molecule has 2 heteroatoms. The summed E-state index contributed by atoms with van der Waals surface area (Å²) in [6.45, 7) is 2.13. The van der Waals surface area contributed by atoms with E-state index in [1.165, 1.54) is 5.56 Å². The predicted molar refractivity (Wildman–Crippen MR) is 47.9 cm³/mol. The van der Waals surface area contributed by atoms with Crippen LogP contribution in [0.25, 0.3) is 11.5 Å². The van der Waals surface area contributed by atoms with Crippen LogP contribution in [0.5, 0.6) is 0 Å². The van der Waals surface area contributed by atoms with E-state index in [0.717, 1.165) is 17.9 Å². The molecule has 2 nitrogen and oxygen atoms in total. The van der Waals surface area contributed by atoms with Crippen molar-refractivity contribution < 1.29 is 4.42 Å². The molecule has 0 saturated carbocycles. The molecule has 12 heavy (non-hydrogen) atoms. The molecule has 0 aliphatic carbocycles. The normalized spacial score (nSPS) is 10.4. The summed E-state index contributed by atoms with van der Waals surface area (Å²) >= 11 is 0. The highest BCUT2D eigenvalue weighted by atomic mass is 16.3. The van der Waals surface area contributed by atoms with Gasteiger partial charge in [0.15, 0.2) is 0 Å². The summed E-state index contributed by atoms with van der Waals surface area (Å²) in [5.41, 5.74) is 2.40. The Morgan fingerprint density at radius 3 is 3.00 bits per heavy atom. The molecule has 0 bridgehead atoms. The topological polar surface area (TPSA) is 28.9 Å². The molecule has 0 aliphatic rings. The Morgan fingerprint density at radius 2 is 2.33 bits per heavy atom. The van der Waals surface area contributed by atoms with Gasteiger partial charge in [-0.2, -0.15) is 0 Å². The number of hydrogen-bond acceptors (Lipinski definition) is 1. The molecule has 0 amide bonds. The van der Waals surface area contributed by atoms with Crippen LogP contribution in [-0.2, 0) is 6.42 Å². The van der Waals surface area contributed by atoms with Gasteiger partial charge in [0.1, 0.15) is 5.76 Å². The lowest BCUT2D eigenvalue weighted by Gasteiger charge is -1.95. The summed E-state index contributed by atoms with van der Waals surface area (Å²) in [7, 11) is 0. The highest BCUT2D eigenvalue weighted by molar-refractivity contribution is 5.57. The molecular weight excluding hydrogens is 150 g/mol. The summed E-state index contributed by atoms with van der Waals surface area (Å²) in [5, 5.41) is 0. The Kier molecular flexibility index (Phi) is 1.74. The summed E-state index contributed by atoms with van der Waals surface area (Å²) < 4.78 is 5.29. The molecular formula is C10H11NO. The fourth-order valence-corrected chi connectivity index (χ4v) is 1.35. The largest absolute Gasteiger partial charge is 0.463 e. The van der Waals surface area contributed by atoms with Gasteiger partial charge in [-0.1, -0.05) is 6.92 Å². The number of furan rings is 1. The van der Waals surface area contributed by atoms with Gasteiger partial charge in [-0.3, -0.25) is 0 Å². The lowest BCUT2D eigenvalue weighted by molar-refractivity contribution is 0.580. The Labute approximate surface area is 71.2 Å². The molecule has 0 radical (unpaired) electrons. The first-order valence-corrected chi connectivity index (χ1v) is 4.12. The molecule has 62 valence electrons. The van der Waals surface area contributed by atoms with Crippen molar-refractivity contribution in [3.05, 3.63) is 36.2 Å². The van der Waals surface area contributed by atoms with Gasteiger partial charge in [0.2, 0.25) is 0 Å². The molecule has 0 aromatic carbocycles. The third kappa shape index (κ3) is 1.05. The van der Waals surface area contributed by atoms with Crippen molar-refractivity contribution in [2.24, 2.45) is 0 Å². The molecule has 2 heterocycles. The van der Waals surface area contributed by atoms with Crippen LogP contribution >= 0.6 is 0 Å². The zero-order chi connectivity index (χ0) is 8.39. The van der Waals surface area contributed by atoms with Crippen LogP contribution in [0.1, 0.15) is 12.5 Å². The van der Waals surface area contributed by atoms with Gasteiger partial charge in [0, 0.05) is 6.20 Å². The molecule has 0 fully saturated rings. The maximum atomic E-state index is 5.29. The van der Waals surface area contributed by atoms with Crippen molar-refractivity contribution in [3.63, 3.8) is 0 Å². The molecule has 2 aromatic heterocycles. The Bertz CT molecular complexity index is 346. The molecule has 1 N–H and O–H groups in total. The number of hydrogen-bond donors (Lipinski definition) is 1. The van der Waals surface area contributed by atoms with Crippen molar-refractivity contribution >= 4 is 0 Å². The van der Waals surface area contributed by atoms with E-state index in [9.17, 15) is 0 Å². The smallest absolute Gasteiger partial charge is 0.150 e. The molecule has 0 saturated heterocycles. The second-order valence-electron chi connectivity index (χ2n) is 2.71. The first-order chi connectivity index (χ1) is 5.92. The van der Waals surface area contributed by atoms with E-state index >= 15 is 0 Å². The summed E-state index contributed by atoms with van der Waals surface area (Å²) in [4.78, 5) is 3.17. The first kappa shape index (κ1) is 7.22. The average molecular weight is 161 g/mol. The van der Waals surface area contributed by atoms with Crippen LogP contribution in [0, 0.1) is 0 Å². The minimum absolute atomic E-state index is 0.914. The second-order valence-corrected chi connectivity index (χ2v) is 2.71. The third-order valence-electron chi connectivity index (χ3n) is 1.98. The van der Waals surface area contributed by atoms with Gasteiger partial charge in [0.05, 0.1) is 12.0 Å². The van der Waals surface area contributed by atoms with E-state index < -0.39 is 0 Å². The molecule has 0 aliphatic heterocycles. The fraction of sp³-hybridized carbons (Fsp3) is 0.200. The maximum Gasteiger partial charge on any atom is 0.150 e. The van der Waals surface area contributed by atoms with Gasteiger partial charge in [-0.15, -0.1) is 0 Å². The number of aromatic nitrogens is 1. The van der Waals surface area contributed by atoms with Crippen LogP contribution in [0.2, 0.25) is 0 Å². The standard InChI is InChI=1S/C10H11NO/c1-2-8-5-6-11-10(8)9-4-3-7-12-9/h3-7,11H,2H2,1H3. The molecule has 2 rings (SSSR count). The maximum absolute atomic E-state index is 5.29. The predicted octanol–water partition coefficient (Wildman–Crippen LogP) is 2.84. The minimum Gasteiger partial charge on any atom is -0.463 e. The van der Waals surface area contributed by atoms with Crippen molar-refractivity contribution in [1.82, 2.24) is 4.98 Å². The molecule has 0 unspecified atom stereocenters. The van der Waals surface area contributed by atoms with E-state index in [4.69, 9.17) is 4.42 Å². The van der Waals surface area contributed by atoms with Gasteiger partial charge < -0.3 is 9.40 Å². The third-order valence-corrected chi connectivity index (χ3v) is 1.98. The second kappa shape index (κ2) is 2.89. The minimum atomic E-state index is 0.914. The highest BCUT2D eigenvalue weighted by Crippen LogP contribution is 2.22. The van der Waals surface area contributed by atoms with Gasteiger partial charge in [0.25, 0.3) is 0 Å². The lowest BCUT2D eigenvalue weighted by atomic mass is 10.1. The van der Waals surface area contributed by atoms with Crippen LogP contribution in [0.15, 0.2) is 35.1 Å². The van der Waals surface area contributed by atoms with Crippen LogP contribution in [0.3, 0.4) is 0 Å². The summed E-state index contributed by atoms with van der Waals surface area (Å²) in [5.74, 6) is 0.914. The van der Waals surface area contributed by atoms with Crippen LogP contribution < -0.4 is 0 Å². The van der Waals surface area contributed by atoms with Crippen LogP contribution in [0.4, 0.5) is 0 Å². The van der Waals surface area contributed by atoms with Crippen molar-refractivity contribution in [1.29, 1.82) is 0 Å². The van der Waals surface area contributed by atoms with Crippen molar-refractivity contribution in [2.75, 3.05) is 0 Å². The van der Waals surface area contributed by atoms with E-state index in [1.807, 2.05) is 18.3 Å². The first-order valence-electron chi connectivity index (χ1n) is 4.12. The van der Waals surface area contributed by atoms with E-state index in [0.29, 0.717) is 0 Å². The van der Waals surface area contributed by atoms with Gasteiger partial charge in [-0.05, 0) is 30.2 Å². The van der Waals surface area contributed by atoms with Crippen molar-refractivity contribution in [3.8, 4) is 11.5 Å². The van der Waals surface area contributed by atoms with E-state index in [1.54, 1.807) is 6.26 Å². The number of rotatable bonds is 2. The zero-order valence-electron chi connectivity index (χ0n) is 7.00. The quantitative estimate of drug-likeness (QED) is 0.720. The monoisotopic (exact) mass is 161 g/mol. The number of H-pyrrole nitrogens is 1. The van der Waals surface area contributed by atoms with Gasteiger partial charge >= 0.3 is 0 Å². The SMILES string of the molecule is CCc1cc[nH]c1-c1ccco1. The van der Waals surface area contributed by atoms with Gasteiger partial charge in [-0.25, -0.2) is 0 Å². The number of aryl methyl sites for hydroxylation is 1.